The number of halogens is 1. The molecule has 1 aromatic heterocycles. The maximum absolute atomic E-state index is 6.05. The number of hydrogen-bond donors (Lipinski definition) is 0. The lowest BCUT2D eigenvalue weighted by Gasteiger charge is -2.46. The first-order valence-corrected chi connectivity index (χ1v) is 10.6. The fraction of sp³-hybridized carbons (Fsp3) is 0.571. The van der Waals surface area contributed by atoms with Gasteiger partial charge in [0.15, 0.2) is 0 Å². The molecule has 0 saturated carbocycles. The number of anilines is 1. The van der Waals surface area contributed by atoms with E-state index in [1.807, 2.05) is 12.1 Å². The summed E-state index contributed by atoms with van der Waals surface area (Å²) in [6.07, 6.45) is 4.92. The third-order valence-electron chi connectivity index (χ3n) is 5.83. The molecule has 0 amide bonds. The quantitative estimate of drug-likeness (QED) is 0.741. The largest absolute Gasteiger partial charge is 0.467 e. The van der Waals surface area contributed by atoms with Gasteiger partial charge in [-0.25, -0.2) is 4.98 Å². The predicted octanol–water partition coefficient (Wildman–Crippen LogP) is 2.83. The highest BCUT2D eigenvalue weighted by molar-refractivity contribution is 6.30. The van der Waals surface area contributed by atoms with Gasteiger partial charge in [-0.3, -0.25) is 4.90 Å². The van der Waals surface area contributed by atoms with Crippen LogP contribution in [-0.2, 0) is 11.2 Å². The molecule has 2 fully saturated rings. The summed E-state index contributed by atoms with van der Waals surface area (Å²) in [4.78, 5) is 17.6. The Morgan fingerprint density at radius 3 is 2.66 bits per heavy atom. The van der Waals surface area contributed by atoms with Gasteiger partial charge in [0, 0.05) is 36.7 Å². The number of morpholine rings is 1. The zero-order valence-electron chi connectivity index (χ0n) is 17.0. The minimum atomic E-state index is 0.266. The second-order valence-corrected chi connectivity index (χ2v) is 8.25. The van der Waals surface area contributed by atoms with Gasteiger partial charge in [-0.05, 0) is 43.9 Å². The van der Waals surface area contributed by atoms with Crippen LogP contribution >= 0.6 is 11.6 Å². The number of hydrogen-bond acceptors (Lipinski definition) is 7. The molecule has 1 aromatic carbocycles. The van der Waals surface area contributed by atoms with Gasteiger partial charge in [0.05, 0.1) is 19.8 Å². The third kappa shape index (κ3) is 4.97. The molecular weight excluding hydrogens is 390 g/mol. The van der Waals surface area contributed by atoms with E-state index in [4.69, 9.17) is 21.1 Å². The summed E-state index contributed by atoms with van der Waals surface area (Å²) in [7, 11) is 1.58. The van der Waals surface area contributed by atoms with Gasteiger partial charge < -0.3 is 14.4 Å². The van der Waals surface area contributed by atoms with Crippen LogP contribution in [-0.4, -0.2) is 71.4 Å². The number of rotatable bonds is 5. The highest BCUT2D eigenvalue weighted by atomic mass is 35.5. The smallest absolute Gasteiger partial charge is 0.320 e. The maximum Gasteiger partial charge on any atom is 0.320 e. The molecule has 29 heavy (non-hydrogen) atoms. The van der Waals surface area contributed by atoms with E-state index in [2.05, 4.69) is 43.8 Å². The average Bonchev–Trinajstić information content (AvgIpc) is 2.76. The van der Waals surface area contributed by atoms with Gasteiger partial charge in [-0.2, -0.15) is 9.97 Å². The Morgan fingerprint density at radius 2 is 1.93 bits per heavy atom. The van der Waals surface area contributed by atoms with Crippen LogP contribution in [0, 0.1) is 0 Å². The van der Waals surface area contributed by atoms with Crippen molar-refractivity contribution < 1.29 is 9.47 Å². The molecule has 0 bridgehead atoms. The lowest BCUT2D eigenvalue weighted by atomic mass is 9.96. The number of aromatic nitrogens is 3. The van der Waals surface area contributed by atoms with Gasteiger partial charge in [-0.1, -0.05) is 23.7 Å². The van der Waals surface area contributed by atoms with E-state index in [-0.39, 0.29) is 6.10 Å². The van der Waals surface area contributed by atoms with Crippen molar-refractivity contribution in [1.82, 2.24) is 19.9 Å². The van der Waals surface area contributed by atoms with Crippen LogP contribution in [0.4, 0.5) is 5.95 Å². The van der Waals surface area contributed by atoms with E-state index in [0.29, 0.717) is 24.0 Å². The van der Waals surface area contributed by atoms with Crippen LogP contribution in [0.15, 0.2) is 30.6 Å². The zero-order chi connectivity index (χ0) is 20.2. The number of methoxy groups -OCH3 is 1. The van der Waals surface area contributed by atoms with Gasteiger partial charge in [0.2, 0.25) is 5.95 Å². The summed E-state index contributed by atoms with van der Waals surface area (Å²) < 4.78 is 11.1. The standard InChI is InChI=1S/C21H28ClN5O2/c1-15-12-27(19(13-29-15)11-16-3-5-17(22)6-4-16)18-7-9-26(10-8-18)20-23-14-24-21(25-20)28-2/h3-6,14-15,18-19H,7-13H2,1-2H3/t15-,19-/m0/s1. The molecule has 2 saturated heterocycles. The van der Waals surface area contributed by atoms with Gasteiger partial charge in [-0.15, -0.1) is 0 Å². The first-order chi connectivity index (χ1) is 14.1. The summed E-state index contributed by atoms with van der Waals surface area (Å²) in [5, 5.41) is 0.779. The zero-order valence-corrected chi connectivity index (χ0v) is 17.8. The van der Waals surface area contributed by atoms with Gasteiger partial charge in [0.1, 0.15) is 6.33 Å². The Balaban J connectivity index is 1.41. The van der Waals surface area contributed by atoms with Crippen LogP contribution in [0.5, 0.6) is 6.01 Å². The fourth-order valence-electron chi connectivity index (χ4n) is 4.31. The minimum absolute atomic E-state index is 0.266. The molecule has 156 valence electrons. The predicted molar refractivity (Wildman–Crippen MR) is 113 cm³/mol. The molecule has 0 unspecified atom stereocenters. The third-order valence-corrected chi connectivity index (χ3v) is 6.08. The summed E-state index contributed by atoms with van der Waals surface area (Å²) >= 11 is 6.05. The molecule has 2 atom stereocenters. The minimum Gasteiger partial charge on any atom is -0.467 e. The summed E-state index contributed by atoms with van der Waals surface area (Å²) in [5.41, 5.74) is 1.30. The molecule has 0 aliphatic carbocycles. The van der Waals surface area contributed by atoms with Crippen molar-refractivity contribution in [3.63, 3.8) is 0 Å². The molecule has 8 heteroatoms. The topological polar surface area (TPSA) is 63.6 Å². The normalized spacial score (nSPS) is 23.9. The lowest BCUT2D eigenvalue weighted by Crippen LogP contribution is -2.56. The SMILES string of the molecule is COc1ncnc(N2CCC(N3C[C@H](C)OC[C@@H]3Cc3ccc(Cl)cc3)CC2)n1. The molecule has 2 aliphatic rings. The second kappa shape index (κ2) is 9.24. The Bertz CT molecular complexity index is 798. The molecule has 2 aromatic rings. The monoisotopic (exact) mass is 417 g/mol. The average molecular weight is 418 g/mol. The first-order valence-electron chi connectivity index (χ1n) is 10.2. The lowest BCUT2D eigenvalue weighted by molar-refractivity contribution is -0.0745. The van der Waals surface area contributed by atoms with Crippen LogP contribution < -0.4 is 9.64 Å². The van der Waals surface area contributed by atoms with Crippen LogP contribution in [0.1, 0.15) is 25.3 Å². The molecule has 7 nitrogen and oxygen atoms in total. The van der Waals surface area contributed by atoms with Gasteiger partial charge >= 0.3 is 6.01 Å². The highest BCUT2D eigenvalue weighted by Crippen LogP contribution is 2.26. The van der Waals surface area contributed by atoms with Crippen LogP contribution in [0.3, 0.4) is 0 Å². The van der Waals surface area contributed by atoms with Crippen molar-refractivity contribution >= 4 is 17.5 Å². The molecular formula is C21H28ClN5O2. The van der Waals surface area contributed by atoms with E-state index < -0.39 is 0 Å². The van der Waals surface area contributed by atoms with Crippen molar-refractivity contribution in [3.8, 4) is 6.01 Å². The molecule has 3 heterocycles. The second-order valence-electron chi connectivity index (χ2n) is 7.82. The number of nitrogens with zero attached hydrogens (tertiary/aromatic N) is 5. The number of piperidine rings is 1. The van der Waals surface area contributed by atoms with Crippen molar-refractivity contribution in [2.24, 2.45) is 0 Å². The first kappa shape index (κ1) is 20.3. The molecule has 0 spiro atoms. The van der Waals surface area contributed by atoms with Crippen molar-refractivity contribution in [1.29, 1.82) is 0 Å². The van der Waals surface area contributed by atoms with Gasteiger partial charge in [0.25, 0.3) is 0 Å². The Labute approximate surface area is 177 Å². The Morgan fingerprint density at radius 1 is 1.17 bits per heavy atom. The van der Waals surface area contributed by atoms with Crippen LogP contribution in [0.2, 0.25) is 5.02 Å². The van der Waals surface area contributed by atoms with E-state index >= 15 is 0 Å². The highest BCUT2D eigenvalue weighted by Gasteiger charge is 2.34. The Kier molecular flexibility index (Phi) is 6.47. The van der Waals surface area contributed by atoms with E-state index in [1.54, 1.807) is 7.11 Å². The maximum atomic E-state index is 6.05. The number of ether oxygens (including phenoxy) is 2. The van der Waals surface area contributed by atoms with E-state index in [9.17, 15) is 0 Å². The summed E-state index contributed by atoms with van der Waals surface area (Å²) in [6, 6.07) is 9.47. The molecule has 4 rings (SSSR count). The van der Waals surface area contributed by atoms with E-state index in [0.717, 1.165) is 50.5 Å². The number of benzene rings is 1. The van der Waals surface area contributed by atoms with Crippen molar-refractivity contribution in [2.45, 2.75) is 44.4 Å². The molecule has 0 radical (unpaired) electrons. The van der Waals surface area contributed by atoms with E-state index in [1.165, 1.54) is 11.9 Å². The van der Waals surface area contributed by atoms with Crippen molar-refractivity contribution in [2.75, 3.05) is 38.3 Å². The Hall–Kier alpha value is -1.96. The molecule has 0 N–H and O–H groups in total. The summed E-state index contributed by atoms with van der Waals surface area (Å²) in [6.45, 7) is 5.77. The van der Waals surface area contributed by atoms with Crippen molar-refractivity contribution in [3.05, 3.63) is 41.2 Å². The summed E-state index contributed by atoms with van der Waals surface area (Å²) in [5.74, 6) is 0.698. The fourth-order valence-corrected chi connectivity index (χ4v) is 4.43. The molecule has 2 aliphatic heterocycles. The van der Waals surface area contributed by atoms with Crippen LogP contribution in [0.25, 0.3) is 0 Å².